The molecule has 0 spiro atoms. The second-order valence-electron chi connectivity index (χ2n) is 7.69. The standard InChI is InChI=1S/C23H25ClF3N5O/c1-32(2)11-10-28-22-30-19(16-8-9-17(18(24)12-16)23(25,26)27)13-21(31-22)29-14-20(33)15-6-4-3-5-7-15/h3-9,12-13,20,33H,10-11,14H2,1-2H3,(H2,28,29,30,31)/t20-/m0/s1. The van der Waals surface area contributed by atoms with E-state index in [1.54, 1.807) is 6.07 Å². The first-order valence-electron chi connectivity index (χ1n) is 10.2. The van der Waals surface area contributed by atoms with Gasteiger partial charge in [0.2, 0.25) is 5.95 Å². The van der Waals surface area contributed by atoms with Crippen molar-refractivity contribution in [3.63, 3.8) is 0 Å². The highest BCUT2D eigenvalue weighted by atomic mass is 35.5. The van der Waals surface area contributed by atoms with Gasteiger partial charge in [-0.2, -0.15) is 18.2 Å². The number of alkyl halides is 3. The lowest BCUT2D eigenvalue weighted by atomic mass is 10.1. The number of halogens is 4. The molecule has 0 aliphatic carbocycles. The van der Waals surface area contributed by atoms with Gasteiger partial charge in [0.1, 0.15) is 5.82 Å². The smallest absolute Gasteiger partial charge is 0.387 e. The molecule has 3 rings (SSSR count). The molecular weight excluding hydrogens is 455 g/mol. The SMILES string of the molecule is CN(C)CCNc1nc(NC[C@H](O)c2ccccc2)cc(-c2ccc(C(F)(F)F)c(Cl)c2)n1. The monoisotopic (exact) mass is 479 g/mol. The summed E-state index contributed by atoms with van der Waals surface area (Å²) in [6.45, 7) is 1.48. The summed E-state index contributed by atoms with van der Waals surface area (Å²) in [7, 11) is 3.86. The molecule has 0 unspecified atom stereocenters. The van der Waals surface area contributed by atoms with Gasteiger partial charge in [0.15, 0.2) is 0 Å². The highest BCUT2D eigenvalue weighted by Crippen LogP contribution is 2.36. The van der Waals surface area contributed by atoms with Crippen LogP contribution in [0, 0.1) is 0 Å². The molecule has 0 amide bonds. The summed E-state index contributed by atoms with van der Waals surface area (Å²) < 4.78 is 39.2. The van der Waals surface area contributed by atoms with Crippen molar-refractivity contribution >= 4 is 23.4 Å². The first-order chi connectivity index (χ1) is 15.6. The number of nitrogens with zero attached hydrogens (tertiary/aromatic N) is 3. The minimum absolute atomic E-state index is 0.186. The molecule has 1 heterocycles. The zero-order valence-corrected chi connectivity index (χ0v) is 19.0. The molecular formula is C23H25ClF3N5O. The van der Waals surface area contributed by atoms with Crippen LogP contribution < -0.4 is 10.6 Å². The van der Waals surface area contributed by atoms with Crippen LogP contribution >= 0.6 is 11.6 Å². The first-order valence-corrected chi connectivity index (χ1v) is 10.6. The minimum Gasteiger partial charge on any atom is -0.387 e. The summed E-state index contributed by atoms with van der Waals surface area (Å²) >= 11 is 5.90. The first kappa shape index (κ1) is 24.8. The molecule has 0 fully saturated rings. The zero-order chi connectivity index (χ0) is 24.0. The van der Waals surface area contributed by atoms with Crippen LogP contribution in [0.4, 0.5) is 24.9 Å². The topological polar surface area (TPSA) is 73.3 Å². The van der Waals surface area contributed by atoms with Crippen molar-refractivity contribution in [3.8, 4) is 11.3 Å². The van der Waals surface area contributed by atoms with Crippen molar-refractivity contribution in [2.45, 2.75) is 12.3 Å². The summed E-state index contributed by atoms with van der Waals surface area (Å²) in [4.78, 5) is 10.8. The fraction of sp³-hybridized carbons (Fsp3) is 0.304. The number of aromatic nitrogens is 2. The molecule has 3 N–H and O–H groups in total. The highest BCUT2D eigenvalue weighted by molar-refractivity contribution is 6.31. The molecule has 0 saturated carbocycles. The van der Waals surface area contributed by atoms with Gasteiger partial charge in [-0.3, -0.25) is 0 Å². The Balaban J connectivity index is 1.86. The Bertz CT molecular complexity index is 1060. The number of aliphatic hydroxyl groups is 1. The van der Waals surface area contributed by atoms with E-state index in [4.69, 9.17) is 11.6 Å². The lowest BCUT2D eigenvalue weighted by Gasteiger charge is -2.16. The average Bonchev–Trinajstić information content (AvgIpc) is 2.76. The molecule has 1 aromatic heterocycles. The van der Waals surface area contributed by atoms with Gasteiger partial charge in [-0.25, -0.2) is 4.98 Å². The van der Waals surface area contributed by atoms with Crippen LogP contribution in [0.2, 0.25) is 5.02 Å². The number of benzene rings is 2. The third kappa shape index (κ3) is 7.05. The van der Waals surface area contributed by atoms with Crippen LogP contribution in [0.15, 0.2) is 54.6 Å². The van der Waals surface area contributed by atoms with Crippen molar-refractivity contribution in [3.05, 3.63) is 70.7 Å². The number of aliphatic hydroxyl groups excluding tert-OH is 1. The van der Waals surface area contributed by atoms with Gasteiger partial charge in [0.05, 0.1) is 22.4 Å². The lowest BCUT2D eigenvalue weighted by molar-refractivity contribution is -0.137. The van der Waals surface area contributed by atoms with Crippen LogP contribution in [0.5, 0.6) is 0 Å². The van der Waals surface area contributed by atoms with E-state index in [0.717, 1.165) is 18.2 Å². The molecule has 6 nitrogen and oxygen atoms in total. The van der Waals surface area contributed by atoms with E-state index in [9.17, 15) is 18.3 Å². The molecule has 1 atom stereocenters. The van der Waals surface area contributed by atoms with Crippen molar-refractivity contribution in [2.24, 2.45) is 0 Å². The average molecular weight is 480 g/mol. The van der Waals surface area contributed by atoms with Crippen molar-refractivity contribution in [2.75, 3.05) is 44.4 Å². The molecule has 33 heavy (non-hydrogen) atoms. The number of rotatable bonds is 9. The highest BCUT2D eigenvalue weighted by Gasteiger charge is 2.33. The number of hydrogen-bond donors (Lipinski definition) is 3. The van der Waals surface area contributed by atoms with Crippen molar-refractivity contribution in [1.82, 2.24) is 14.9 Å². The summed E-state index contributed by atoms with van der Waals surface area (Å²) in [5, 5.41) is 16.2. The predicted octanol–water partition coefficient (Wildman–Crippen LogP) is 4.93. The Labute approximate surface area is 195 Å². The zero-order valence-electron chi connectivity index (χ0n) is 18.2. The molecule has 2 aromatic carbocycles. The maximum atomic E-state index is 13.1. The molecule has 0 radical (unpaired) electrons. The van der Waals surface area contributed by atoms with Crippen molar-refractivity contribution in [1.29, 1.82) is 0 Å². The van der Waals surface area contributed by atoms with E-state index in [1.165, 1.54) is 12.1 Å². The lowest BCUT2D eigenvalue weighted by Crippen LogP contribution is -2.22. The minimum atomic E-state index is -4.54. The molecule has 0 saturated heterocycles. The molecule has 0 aliphatic rings. The molecule has 10 heteroatoms. The van der Waals surface area contributed by atoms with Gasteiger partial charge in [-0.05, 0) is 31.8 Å². The maximum absolute atomic E-state index is 13.1. The summed E-state index contributed by atoms with van der Waals surface area (Å²) in [6, 6.07) is 14.3. The van der Waals surface area contributed by atoms with Gasteiger partial charge >= 0.3 is 6.18 Å². The predicted molar refractivity (Wildman–Crippen MR) is 124 cm³/mol. The van der Waals surface area contributed by atoms with Gasteiger partial charge in [0, 0.05) is 31.3 Å². The van der Waals surface area contributed by atoms with Crippen LogP contribution in [-0.4, -0.2) is 53.7 Å². The number of hydrogen-bond acceptors (Lipinski definition) is 6. The van der Waals surface area contributed by atoms with Crippen LogP contribution in [0.25, 0.3) is 11.3 Å². The van der Waals surface area contributed by atoms with E-state index in [0.29, 0.717) is 29.6 Å². The Hall–Kier alpha value is -2.88. The molecule has 0 bridgehead atoms. The molecule has 0 aliphatic heterocycles. The summed E-state index contributed by atoms with van der Waals surface area (Å²) in [6.07, 6.45) is -5.31. The number of anilines is 2. The second-order valence-corrected chi connectivity index (χ2v) is 8.10. The third-order valence-electron chi connectivity index (χ3n) is 4.80. The van der Waals surface area contributed by atoms with Gasteiger partial charge in [0.25, 0.3) is 0 Å². The van der Waals surface area contributed by atoms with Crippen molar-refractivity contribution < 1.29 is 18.3 Å². The Morgan fingerprint density at radius 2 is 1.76 bits per heavy atom. The van der Waals surface area contributed by atoms with Crippen LogP contribution in [-0.2, 0) is 6.18 Å². The number of likely N-dealkylation sites (N-methyl/N-ethyl adjacent to an activating group) is 1. The van der Waals surface area contributed by atoms with Gasteiger partial charge < -0.3 is 20.6 Å². The summed E-state index contributed by atoms with van der Waals surface area (Å²) in [5.74, 6) is 0.723. The summed E-state index contributed by atoms with van der Waals surface area (Å²) in [5.41, 5.74) is 0.649. The Morgan fingerprint density at radius 3 is 2.39 bits per heavy atom. The van der Waals surface area contributed by atoms with E-state index < -0.39 is 22.9 Å². The Kier molecular flexibility index (Phi) is 8.12. The Morgan fingerprint density at radius 1 is 1.03 bits per heavy atom. The van der Waals surface area contributed by atoms with Crippen LogP contribution in [0.1, 0.15) is 17.2 Å². The largest absolute Gasteiger partial charge is 0.417 e. The van der Waals surface area contributed by atoms with E-state index in [1.807, 2.05) is 49.3 Å². The normalized spacial score (nSPS) is 12.6. The maximum Gasteiger partial charge on any atom is 0.417 e. The van der Waals surface area contributed by atoms with Gasteiger partial charge in [-0.1, -0.05) is 48.0 Å². The van der Waals surface area contributed by atoms with Gasteiger partial charge in [-0.15, -0.1) is 0 Å². The second kappa shape index (κ2) is 10.8. The van der Waals surface area contributed by atoms with E-state index in [2.05, 4.69) is 20.6 Å². The van der Waals surface area contributed by atoms with Crippen LogP contribution in [0.3, 0.4) is 0 Å². The number of nitrogens with one attached hydrogen (secondary N) is 2. The molecule has 176 valence electrons. The van der Waals surface area contributed by atoms with E-state index in [-0.39, 0.29) is 6.54 Å². The fourth-order valence-corrected chi connectivity index (χ4v) is 3.34. The fourth-order valence-electron chi connectivity index (χ4n) is 3.05. The third-order valence-corrected chi connectivity index (χ3v) is 5.11. The molecule has 3 aromatic rings. The van der Waals surface area contributed by atoms with E-state index >= 15 is 0 Å². The quantitative estimate of drug-likeness (QED) is 0.404.